The third-order valence-electron chi connectivity index (χ3n) is 5.58. The summed E-state index contributed by atoms with van der Waals surface area (Å²) in [4.78, 5) is 7.13. The Labute approximate surface area is 195 Å². The molecule has 0 spiro atoms. The van der Waals surface area contributed by atoms with Gasteiger partial charge in [-0.05, 0) is 87.4 Å². The molecule has 176 valence electrons. The van der Waals surface area contributed by atoms with Crippen LogP contribution in [-0.4, -0.2) is 42.4 Å². The molecule has 0 saturated carbocycles. The first kappa shape index (κ1) is 23.4. The van der Waals surface area contributed by atoms with Crippen molar-refractivity contribution in [1.29, 1.82) is 0 Å². The fourth-order valence-electron chi connectivity index (χ4n) is 4.00. The van der Waals surface area contributed by atoms with Crippen LogP contribution in [0.25, 0.3) is 10.9 Å². The molecule has 5 nitrogen and oxygen atoms in total. The van der Waals surface area contributed by atoms with Gasteiger partial charge >= 0.3 is 6.36 Å². The third kappa shape index (κ3) is 6.65. The SMILES string of the molecule is FC(F)(F)Oc1ccc(Nc2ccc3c(NCCCN4CCCCC4)ccc(Cl)c3n2)cc1. The van der Waals surface area contributed by atoms with Crippen molar-refractivity contribution in [2.24, 2.45) is 0 Å². The Hall–Kier alpha value is -2.71. The van der Waals surface area contributed by atoms with E-state index >= 15 is 0 Å². The normalized spacial score (nSPS) is 14.9. The molecule has 2 heterocycles. The monoisotopic (exact) mass is 478 g/mol. The quantitative estimate of drug-likeness (QED) is 0.348. The zero-order valence-electron chi connectivity index (χ0n) is 18.1. The van der Waals surface area contributed by atoms with Gasteiger partial charge in [0.1, 0.15) is 11.6 Å². The van der Waals surface area contributed by atoms with Gasteiger partial charge < -0.3 is 20.3 Å². The Kier molecular flexibility index (Phi) is 7.45. The van der Waals surface area contributed by atoms with Crippen molar-refractivity contribution in [3.63, 3.8) is 0 Å². The van der Waals surface area contributed by atoms with Crippen LogP contribution in [-0.2, 0) is 0 Å². The second-order valence-corrected chi connectivity index (χ2v) is 8.47. The zero-order valence-corrected chi connectivity index (χ0v) is 18.8. The number of piperidine rings is 1. The number of hydrogen-bond acceptors (Lipinski definition) is 5. The lowest BCUT2D eigenvalue weighted by Gasteiger charge is -2.26. The van der Waals surface area contributed by atoms with Crippen molar-refractivity contribution in [2.75, 3.05) is 36.8 Å². The maximum atomic E-state index is 12.3. The molecule has 3 aromatic rings. The number of likely N-dealkylation sites (tertiary alicyclic amines) is 1. The molecule has 0 bridgehead atoms. The molecule has 1 saturated heterocycles. The second-order valence-electron chi connectivity index (χ2n) is 8.07. The third-order valence-corrected chi connectivity index (χ3v) is 5.89. The van der Waals surface area contributed by atoms with Gasteiger partial charge in [0.15, 0.2) is 0 Å². The molecule has 0 amide bonds. The van der Waals surface area contributed by atoms with Crippen molar-refractivity contribution in [3.8, 4) is 5.75 Å². The van der Waals surface area contributed by atoms with Crippen LogP contribution in [0, 0.1) is 0 Å². The minimum atomic E-state index is -4.72. The Morgan fingerprint density at radius 1 is 0.970 bits per heavy atom. The highest BCUT2D eigenvalue weighted by atomic mass is 35.5. The molecule has 0 unspecified atom stereocenters. The molecule has 1 aliphatic heterocycles. The molecule has 33 heavy (non-hydrogen) atoms. The number of pyridine rings is 1. The smallest absolute Gasteiger partial charge is 0.406 e. The Morgan fingerprint density at radius 3 is 2.45 bits per heavy atom. The van der Waals surface area contributed by atoms with E-state index in [1.165, 1.54) is 56.6 Å². The number of anilines is 3. The van der Waals surface area contributed by atoms with Crippen LogP contribution in [0.3, 0.4) is 0 Å². The largest absolute Gasteiger partial charge is 0.573 e. The number of benzene rings is 2. The first-order valence-corrected chi connectivity index (χ1v) is 11.4. The average molecular weight is 479 g/mol. The van der Waals surface area contributed by atoms with Gasteiger partial charge in [-0.15, -0.1) is 13.2 Å². The van der Waals surface area contributed by atoms with Gasteiger partial charge in [-0.2, -0.15) is 0 Å². The van der Waals surface area contributed by atoms with Crippen molar-refractivity contribution >= 4 is 39.7 Å². The van der Waals surface area contributed by atoms with Gasteiger partial charge in [0.2, 0.25) is 0 Å². The van der Waals surface area contributed by atoms with E-state index in [9.17, 15) is 13.2 Å². The molecule has 1 aliphatic rings. The van der Waals surface area contributed by atoms with Crippen LogP contribution in [0.4, 0.5) is 30.4 Å². The molecule has 0 aliphatic carbocycles. The number of halogens is 4. The van der Waals surface area contributed by atoms with E-state index in [2.05, 4.69) is 25.3 Å². The van der Waals surface area contributed by atoms with Crippen molar-refractivity contribution in [3.05, 3.63) is 53.6 Å². The van der Waals surface area contributed by atoms with E-state index in [4.69, 9.17) is 11.6 Å². The summed E-state index contributed by atoms with van der Waals surface area (Å²) in [7, 11) is 0. The summed E-state index contributed by atoms with van der Waals surface area (Å²) in [6.07, 6.45) is 0.273. The number of hydrogen-bond donors (Lipinski definition) is 2. The highest BCUT2D eigenvalue weighted by Gasteiger charge is 2.30. The number of rotatable bonds is 8. The van der Waals surface area contributed by atoms with Crippen molar-refractivity contribution in [1.82, 2.24) is 9.88 Å². The predicted molar refractivity (Wildman–Crippen MR) is 127 cm³/mol. The van der Waals surface area contributed by atoms with E-state index in [-0.39, 0.29) is 5.75 Å². The standard InChI is InChI=1S/C24H26ClF3N4O/c25-20-10-11-21(29-13-4-16-32-14-2-1-3-15-32)19-9-12-22(31-23(19)20)30-17-5-7-18(8-6-17)33-24(26,27)28/h5-12,29H,1-4,13-16H2,(H,30,31). The van der Waals surface area contributed by atoms with Crippen LogP contribution in [0.5, 0.6) is 5.75 Å². The summed E-state index contributed by atoms with van der Waals surface area (Å²) in [5, 5.41) is 8.03. The molecule has 2 N–H and O–H groups in total. The maximum absolute atomic E-state index is 12.3. The summed E-state index contributed by atoms with van der Waals surface area (Å²) in [6, 6.07) is 13.0. The minimum Gasteiger partial charge on any atom is -0.406 e. The summed E-state index contributed by atoms with van der Waals surface area (Å²) in [6.45, 7) is 4.35. The molecular weight excluding hydrogens is 453 g/mol. The van der Waals surface area contributed by atoms with Crippen LogP contribution in [0.1, 0.15) is 25.7 Å². The molecule has 1 aromatic heterocycles. The summed E-state index contributed by atoms with van der Waals surface area (Å²) in [5.74, 6) is 0.259. The molecule has 1 fully saturated rings. The topological polar surface area (TPSA) is 49.4 Å². The van der Waals surface area contributed by atoms with E-state index < -0.39 is 6.36 Å². The number of alkyl halides is 3. The highest BCUT2D eigenvalue weighted by molar-refractivity contribution is 6.35. The van der Waals surface area contributed by atoms with Crippen LogP contribution in [0.15, 0.2) is 48.5 Å². The summed E-state index contributed by atoms with van der Waals surface area (Å²) < 4.78 is 40.9. The van der Waals surface area contributed by atoms with Crippen LogP contribution < -0.4 is 15.4 Å². The molecule has 4 rings (SSSR count). The van der Waals surface area contributed by atoms with Gasteiger partial charge in [-0.1, -0.05) is 18.0 Å². The molecular formula is C24H26ClF3N4O. The van der Waals surface area contributed by atoms with E-state index in [0.29, 0.717) is 22.0 Å². The molecule has 0 radical (unpaired) electrons. The summed E-state index contributed by atoms with van der Waals surface area (Å²) >= 11 is 6.40. The minimum absolute atomic E-state index is 0.279. The second kappa shape index (κ2) is 10.5. The summed E-state index contributed by atoms with van der Waals surface area (Å²) in [5.41, 5.74) is 2.21. The first-order valence-electron chi connectivity index (χ1n) is 11.1. The number of aromatic nitrogens is 1. The number of nitrogens with one attached hydrogen (secondary N) is 2. The maximum Gasteiger partial charge on any atom is 0.573 e. The van der Waals surface area contributed by atoms with E-state index in [0.717, 1.165) is 30.6 Å². The average Bonchev–Trinajstić information content (AvgIpc) is 2.79. The highest BCUT2D eigenvalue weighted by Crippen LogP contribution is 2.31. The Balaban J connectivity index is 1.40. The lowest BCUT2D eigenvalue weighted by Crippen LogP contribution is -2.31. The Morgan fingerprint density at radius 2 is 1.73 bits per heavy atom. The number of ether oxygens (including phenoxy) is 1. The lowest BCUT2D eigenvalue weighted by molar-refractivity contribution is -0.274. The first-order chi connectivity index (χ1) is 15.9. The van der Waals surface area contributed by atoms with Gasteiger partial charge in [-0.3, -0.25) is 0 Å². The Bertz CT molecular complexity index is 1070. The van der Waals surface area contributed by atoms with E-state index in [1.54, 1.807) is 0 Å². The van der Waals surface area contributed by atoms with Crippen molar-refractivity contribution < 1.29 is 17.9 Å². The fourth-order valence-corrected chi connectivity index (χ4v) is 4.21. The van der Waals surface area contributed by atoms with Crippen LogP contribution in [0.2, 0.25) is 5.02 Å². The van der Waals surface area contributed by atoms with Gasteiger partial charge in [0.05, 0.1) is 10.5 Å². The molecule has 2 aromatic carbocycles. The number of fused-ring (bicyclic) bond motifs is 1. The lowest BCUT2D eigenvalue weighted by atomic mass is 10.1. The van der Waals surface area contributed by atoms with Gasteiger partial charge in [0, 0.05) is 23.3 Å². The molecule has 0 atom stereocenters. The zero-order chi connectivity index (χ0) is 23.3. The van der Waals surface area contributed by atoms with E-state index in [1.807, 2.05) is 24.3 Å². The molecule has 9 heteroatoms. The number of nitrogens with zero attached hydrogens (tertiary/aromatic N) is 2. The van der Waals surface area contributed by atoms with Gasteiger partial charge in [-0.25, -0.2) is 4.98 Å². The predicted octanol–water partition coefficient (Wildman–Crippen LogP) is 6.82. The van der Waals surface area contributed by atoms with Gasteiger partial charge in [0.25, 0.3) is 0 Å². The van der Waals surface area contributed by atoms with Crippen molar-refractivity contribution in [2.45, 2.75) is 32.0 Å². The fraction of sp³-hybridized carbons (Fsp3) is 0.375. The van der Waals surface area contributed by atoms with Crippen LogP contribution >= 0.6 is 11.6 Å².